The van der Waals surface area contributed by atoms with Crippen LogP contribution >= 0.6 is 27.7 Å². The summed E-state index contributed by atoms with van der Waals surface area (Å²) in [6.45, 7) is 0. The Hall–Kier alpha value is -0.580. The zero-order chi connectivity index (χ0) is 15.9. The van der Waals surface area contributed by atoms with Gasteiger partial charge in [-0.3, -0.25) is 0 Å². The normalized spacial score (nSPS) is 13.7. The van der Waals surface area contributed by atoms with Gasteiger partial charge in [0.2, 0.25) is 0 Å². The number of alkyl halides is 9. The van der Waals surface area contributed by atoms with Crippen molar-refractivity contribution in [2.24, 2.45) is 0 Å². The van der Waals surface area contributed by atoms with E-state index in [1.165, 1.54) is 0 Å². The molecule has 1 aromatic carbocycles. The molecule has 20 heavy (non-hydrogen) atoms. The van der Waals surface area contributed by atoms with Crippen LogP contribution in [-0.2, 0) is 12.4 Å². The van der Waals surface area contributed by atoms with Crippen molar-refractivity contribution in [1.29, 1.82) is 0 Å². The Bertz CT molecular complexity index is 500. The van der Waals surface area contributed by atoms with Gasteiger partial charge in [0.15, 0.2) is 0 Å². The summed E-state index contributed by atoms with van der Waals surface area (Å²) in [6, 6.07) is 0.826. The molecule has 1 aromatic rings. The number of hydrogen-bond donors (Lipinski definition) is 0. The van der Waals surface area contributed by atoms with Gasteiger partial charge in [-0.05, 0) is 23.9 Å². The van der Waals surface area contributed by atoms with Crippen molar-refractivity contribution in [3.8, 4) is 0 Å². The highest BCUT2D eigenvalue weighted by atomic mass is 79.9. The van der Waals surface area contributed by atoms with Crippen LogP contribution in [0, 0.1) is 0 Å². The molecule has 0 aliphatic rings. The molecule has 0 bridgehead atoms. The molecule has 0 spiro atoms. The van der Waals surface area contributed by atoms with Gasteiger partial charge in [0.1, 0.15) is 0 Å². The lowest BCUT2D eigenvalue weighted by atomic mass is 10.1. The first-order chi connectivity index (χ1) is 8.73. The molecule has 0 unspecified atom stereocenters. The average molecular weight is 393 g/mol. The first-order valence-electron chi connectivity index (χ1n) is 4.46. The molecule has 0 N–H and O–H groups in total. The highest BCUT2D eigenvalue weighted by molar-refractivity contribution is 9.10. The second kappa shape index (κ2) is 5.32. The van der Waals surface area contributed by atoms with Crippen LogP contribution in [0.2, 0.25) is 0 Å². The summed E-state index contributed by atoms with van der Waals surface area (Å²) in [5.41, 5.74) is -9.68. The van der Waals surface area contributed by atoms with E-state index in [0.717, 1.165) is 0 Å². The first-order valence-corrected chi connectivity index (χ1v) is 6.07. The van der Waals surface area contributed by atoms with E-state index in [0.29, 0.717) is 12.1 Å². The van der Waals surface area contributed by atoms with E-state index >= 15 is 0 Å². The Labute approximate surface area is 118 Å². The Kier molecular flexibility index (Phi) is 4.65. The second-order valence-corrected chi connectivity index (χ2v) is 5.30. The third-order valence-electron chi connectivity index (χ3n) is 1.91. The highest BCUT2D eigenvalue weighted by Gasteiger charge is 2.48. The predicted octanol–water partition coefficient (Wildman–Crippen LogP) is 6.10. The van der Waals surface area contributed by atoms with E-state index in [-0.39, 0.29) is 0 Å². The third kappa shape index (κ3) is 4.21. The van der Waals surface area contributed by atoms with E-state index in [1.807, 2.05) is 0 Å². The zero-order valence-electron chi connectivity index (χ0n) is 8.84. The van der Waals surface area contributed by atoms with Crippen LogP contribution in [-0.4, -0.2) is 5.51 Å². The third-order valence-corrected chi connectivity index (χ3v) is 3.36. The molecular weight excluding hydrogens is 391 g/mol. The maximum absolute atomic E-state index is 12.7. The summed E-state index contributed by atoms with van der Waals surface area (Å²) in [6.07, 6.45) is -11.0. The monoisotopic (exact) mass is 392 g/mol. The van der Waals surface area contributed by atoms with Crippen molar-refractivity contribution in [3.63, 3.8) is 0 Å². The second-order valence-electron chi connectivity index (χ2n) is 3.34. The molecule has 0 heterocycles. The Morgan fingerprint density at radius 2 is 1.20 bits per heavy atom. The minimum absolute atomic E-state index is 0.334. The van der Waals surface area contributed by atoms with Crippen molar-refractivity contribution in [1.82, 2.24) is 0 Å². The molecule has 0 aliphatic heterocycles. The summed E-state index contributed by atoms with van der Waals surface area (Å²) in [7, 11) is 0. The minimum Gasteiger partial charge on any atom is -0.166 e. The number of rotatable bonds is 1. The lowest BCUT2D eigenvalue weighted by Gasteiger charge is -2.20. The van der Waals surface area contributed by atoms with Gasteiger partial charge in [-0.1, -0.05) is 15.9 Å². The highest BCUT2D eigenvalue weighted by Crippen LogP contribution is 2.50. The molecule has 0 atom stereocenters. The summed E-state index contributed by atoms with van der Waals surface area (Å²) in [5, 5.41) is 0. The number of halogens is 10. The van der Waals surface area contributed by atoms with Crippen LogP contribution in [0.3, 0.4) is 0 Å². The zero-order valence-corrected chi connectivity index (χ0v) is 11.2. The first kappa shape index (κ1) is 17.5. The minimum atomic E-state index is -5.58. The van der Waals surface area contributed by atoms with E-state index in [9.17, 15) is 39.5 Å². The maximum Gasteiger partial charge on any atom is 0.446 e. The number of benzene rings is 1. The van der Waals surface area contributed by atoms with Crippen LogP contribution in [0.4, 0.5) is 39.5 Å². The predicted molar refractivity (Wildman–Crippen MR) is 56.1 cm³/mol. The van der Waals surface area contributed by atoms with Gasteiger partial charge in [-0.25, -0.2) is 0 Å². The molecule has 0 amide bonds. The summed E-state index contributed by atoms with van der Waals surface area (Å²) in [5.74, 6) is 0. The standard InChI is InChI=1S/C9H2BrF9S/c10-3-1-2-4(20-9(17,18)19)6(8(14,15)16)5(3)7(11,12)13/h1-2H. The molecule has 0 aromatic heterocycles. The van der Waals surface area contributed by atoms with Crippen LogP contribution in [0.15, 0.2) is 21.5 Å². The molecular formula is C9H2BrF9S. The Balaban J connectivity index is 3.64. The van der Waals surface area contributed by atoms with Gasteiger partial charge in [-0.2, -0.15) is 39.5 Å². The van der Waals surface area contributed by atoms with Crippen LogP contribution < -0.4 is 0 Å². The topological polar surface area (TPSA) is 0 Å². The van der Waals surface area contributed by atoms with E-state index in [4.69, 9.17) is 0 Å². The fraction of sp³-hybridized carbons (Fsp3) is 0.333. The smallest absolute Gasteiger partial charge is 0.166 e. The van der Waals surface area contributed by atoms with Gasteiger partial charge >= 0.3 is 17.9 Å². The molecule has 11 heteroatoms. The van der Waals surface area contributed by atoms with Crippen molar-refractivity contribution in [2.45, 2.75) is 22.8 Å². The Morgan fingerprint density at radius 3 is 1.55 bits per heavy atom. The fourth-order valence-corrected chi connectivity index (χ4v) is 2.59. The van der Waals surface area contributed by atoms with Crippen LogP contribution in [0.5, 0.6) is 0 Å². The van der Waals surface area contributed by atoms with Crippen molar-refractivity contribution >= 4 is 27.7 Å². The van der Waals surface area contributed by atoms with Crippen LogP contribution in [0.1, 0.15) is 11.1 Å². The van der Waals surface area contributed by atoms with E-state index < -0.39 is 50.1 Å². The largest absolute Gasteiger partial charge is 0.446 e. The van der Waals surface area contributed by atoms with Gasteiger partial charge in [0, 0.05) is 9.37 Å². The molecule has 0 saturated carbocycles. The van der Waals surface area contributed by atoms with Gasteiger partial charge in [-0.15, -0.1) is 0 Å². The van der Waals surface area contributed by atoms with Gasteiger partial charge in [0.05, 0.1) is 11.1 Å². The average Bonchev–Trinajstić information content (AvgIpc) is 2.14. The number of thioether (sulfide) groups is 1. The SMILES string of the molecule is FC(F)(F)Sc1ccc(Br)c(C(F)(F)F)c1C(F)(F)F. The summed E-state index contributed by atoms with van der Waals surface area (Å²) in [4.78, 5) is -1.56. The van der Waals surface area contributed by atoms with Crippen LogP contribution in [0.25, 0.3) is 0 Å². The summed E-state index contributed by atoms with van der Waals surface area (Å²) < 4.78 is 111. The molecule has 0 nitrogen and oxygen atoms in total. The van der Waals surface area contributed by atoms with Gasteiger partial charge in [0.25, 0.3) is 0 Å². The lowest BCUT2D eigenvalue weighted by molar-refractivity contribution is -0.164. The Morgan fingerprint density at radius 1 is 0.750 bits per heavy atom. The number of hydrogen-bond acceptors (Lipinski definition) is 1. The fourth-order valence-electron chi connectivity index (χ4n) is 1.33. The molecule has 0 aliphatic carbocycles. The molecule has 0 saturated heterocycles. The van der Waals surface area contributed by atoms with Gasteiger partial charge < -0.3 is 0 Å². The molecule has 114 valence electrons. The van der Waals surface area contributed by atoms with E-state index in [1.54, 1.807) is 0 Å². The van der Waals surface area contributed by atoms with Crippen molar-refractivity contribution < 1.29 is 39.5 Å². The lowest BCUT2D eigenvalue weighted by Crippen LogP contribution is -2.19. The van der Waals surface area contributed by atoms with E-state index in [2.05, 4.69) is 15.9 Å². The maximum atomic E-state index is 12.7. The summed E-state index contributed by atoms with van der Waals surface area (Å²) >= 11 is 1.03. The van der Waals surface area contributed by atoms with Crippen molar-refractivity contribution in [3.05, 3.63) is 27.7 Å². The van der Waals surface area contributed by atoms with Crippen molar-refractivity contribution in [2.75, 3.05) is 0 Å². The molecule has 0 fully saturated rings. The molecule has 0 radical (unpaired) electrons. The molecule has 1 rings (SSSR count). The quantitative estimate of drug-likeness (QED) is 0.411.